The van der Waals surface area contributed by atoms with Crippen molar-refractivity contribution >= 4 is 16.7 Å². The largest absolute Gasteiger partial charge is 0.494 e. The normalized spacial score (nSPS) is 16.1. The summed E-state index contributed by atoms with van der Waals surface area (Å²) in [6.45, 7) is 1.34. The highest BCUT2D eigenvalue weighted by Crippen LogP contribution is 2.32. The van der Waals surface area contributed by atoms with Crippen LogP contribution in [-0.2, 0) is 26.8 Å². The van der Waals surface area contributed by atoms with Gasteiger partial charge >= 0.3 is 0 Å². The van der Waals surface area contributed by atoms with Crippen LogP contribution in [0.5, 0.6) is 5.75 Å². The lowest BCUT2D eigenvalue weighted by Crippen LogP contribution is -2.51. The van der Waals surface area contributed by atoms with Gasteiger partial charge in [-0.25, -0.2) is 0 Å². The van der Waals surface area contributed by atoms with E-state index in [0.717, 1.165) is 24.1 Å². The highest BCUT2D eigenvalue weighted by atomic mass is 32.2. The average Bonchev–Trinajstić information content (AvgIpc) is 2.87. The molecule has 2 heterocycles. The Labute approximate surface area is 196 Å². The molecular weight excluding hydrogens is 436 g/mol. The Bertz CT molecular complexity index is 1100. The number of aryl methyl sites for hydroxylation is 1. The van der Waals surface area contributed by atoms with Gasteiger partial charge in [-0.2, -0.15) is 0 Å². The number of carbonyl (C=O) groups is 1. The van der Waals surface area contributed by atoms with Crippen molar-refractivity contribution in [2.45, 2.75) is 35.3 Å². The number of nitrogens with zero attached hydrogens (tertiary/aromatic N) is 1. The molecule has 7 heteroatoms. The topological polar surface area (TPSA) is 91.5 Å². The van der Waals surface area contributed by atoms with E-state index in [1.54, 1.807) is 24.3 Å². The molecule has 4 rings (SSSR count). The van der Waals surface area contributed by atoms with Crippen LogP contribution in [0, 0.1) is 0 Å². The van der Waals surface area contributed by atoms with E-state index in [1.807, 2.05) is 30.5 Å². The van der Waals surface area contributed by atoms with E-state index in [9.17, 15) is 9.00 Å². The number of amides is 1. The van der Waals surface area contributed by atoms with Crippen molar-refractivity contribution in [1.29, 1.82) is 0 Å². The zero-order chi connectivity index (χ0) is 23.1. The molecule has 1 aromatic heterocycles. The maximum Gasteiger partial charge on any atom is 0.236 e. The Morgan fingerprint density at radius 3 is 2.48 bits per heavy atom. The number of primary amides is 1. The SMILES string of the molecule is NC(=O)C1(S(=O)c2ccc(OCCCc3ccnc(-c4ccccc4)c3)cc2)CCOCC1. The third kappa shape index (κ3) is 5.49. The Hall–Kier alpha value is -3.03. The summed E-state index contributed by atoms with van der Waals surface area (Å²) in [6.07, 6.45) is 4.32. The minimum absolute atomic E-state index is 0.369. The molecule has 3 aromatic rings. The van der Waals surface area contributed by atoms with Crippen LogP contribution in [0.25, 0.3) is 11.3 Å². The Kier molecular flexibility index (Phi) is 7.52. The molecule has 0 bridgehead atoms. The number of pyridine rings is 1. The molecule has 1 amide bonds. The number of hydrogen-bond acceptors (Lipinski definition) is 5. The summed E-state index contributed by atoms with van der Waals surface area (Å²) in [7, 11) is -1.53. The summed E-state index contributed by atoms with van der Waals surface area (Å²) >= 11 is 0. The number of nitrogens with two attached hydrogens (primary N) is 1. The summed E-state index contributed by atoms with van der Waals surface area (Å²) in [4.78, 5) is 17.1. The van der Waals surface area contributed by atoms with Crippen LogP contribution in [0.1, 0.15) is 24.8 Å². The molecule has 0 aliphatic carbocycles. The number of carbonyl (C=O) groups excluding carboxylic acids is 1. The second kappa shape index (κ2) is 10.7. The van der Waals surface area contributed by atoms with Crippen LogP contribution in [0.3, 0.4) is 0 Å². The summed E-state index contributed by atoms with van der Waals surface area (Å²) in [5.41, 5.74) is 8.91. The van der Waals surface area contributed by atoms with Gasteiger partial charge in [0.2, 0.25) is 5.91 Å². The van der Waals surface area contributed by atoms with Gasteiger partial charge in [0.05, 0.1) is 23.1 Å². The van der Waals surface area contributed by atoms with E-state index >= 15 is 0 Å². The molecule has 6 nitrogen and oxygen atoms in total. The number of ether oxygens (including phenoxy) is 2. The number of rotatable bonds is 9. The van der Waals surface area contributed by atoms with Crippen LogP contribution in [0.2, 0.25) is 0 Å². The number of benzene rings is 2. The third-order valence-corrected chi connectivity index (χ3v) is 7.93. The lowest BCUT2D eigenvalue weighted by Gasteiger charge is -2.33. The summed E-state index contributed by atoms with van der Waals surface area (Å²) in [6, 6.07) is 21.4. The van der Waals surface area contributed by atoms with Crippen LogP contribution in [-0.4, -0.2) is 39.7 Å². The van der Waals surface area contributed by atoms with Crippen molar-refractivity contribution in [2.24, 2.45) is 5.73 Å². The molecule has 1 aliphatic heterocycles. The van der Waals surface area contributed by atoms with Crippen LogP contribution >= 0.6 is 0 Å². The van der Waals surface area contributed by atoms with Gasteiger partial charge < -0.3 is 15.2 Å². The van der Waals surface area contributed by atoms with E-state index in [-0.39, 0.29) is 0 Å². The Morgan fingerprint density at radius 1 is 1.06 bits per heavy atom. The van der Waals surface area contributed by atoms with Crippen molar-refractivity contribution in [3.05, 3.63) is 78.5 Å². The van der Waals surface area contributed by atoms with Crippen molar-refractivity contribution in [3.63, 3.8) is 0 Å². The van der Waals surface area contributed by atoms with Crippen molar-refractivity contribution < 1.29 is 18.5 Å². The maximum absolute atomic E-state index is 13.1. The van der Waals surface area contributed by atoms with Gasteiger partial charge in [-0.3, -0.25) is 14.0 Å². The van der Waals surface area contributed by atoms with E-state index in [0.29, 0.717) is 43.3 Å². The third-order valence-electron chi connectivity index (χ3n) is 5.91. The van der Waals surface area contributed by atoms with Gasteiger partial charge in [0.25, 0.3) is 0 Å². The zero-order valence-corrected chi connectivity index (χ0v) is 19.3. The van der Waals surface area contributed by atoms with E-state index < -0.39 is 21.5 Å². The van der Waals surface area contributed by atoms with Crippen molar-refractivity contribution in [2.75, 3.05) is 19.8 Å². The van der Waals surface area contributed by atoms with E-state index in [1.165, 1.54) is 5.56 Å². The lowest BCUT2D eigenvalue weighted by atomic mass is 9.98. The van der Waals surface area contributed by atoms with Crippen molar-refractivity contribution in [1.82, 2.24) is 4.98 Å². The minimum atomic E-state index is -1.53. The quantitative estimate of drug-likeness (QED) is 0.485. The molecule has 0 saturated carbocycles. The molecule has 0 spiro atoms. The smallest absolute Gasteiger partial charge is 0.236 e. The fraction of sp³-hybridized carbons (Fsp3) is 0.308. The molecule has 1 atom stereocenters. The second-order valence-corrected chi connectivity index (χ2v) is 9.87. The standard InChI is InChI=1S/C26H28N2O4S/c27-25(29)26(13-17-31-18-14-26)33(30)23-10-8-22(9-11-23)32-16-4-5-20-12-15-28-24(19-20)21-6-2-1-3-7-21/h1-3,6-12,15,19H,4-5,13-14,16-18H2,(H2,27,29). The Balaban J connectivity index is 1.30. The van der Waals surface area contributed by atoms with Gasteiger partial charge in [-0.05, 0) is 67.6 Å². The molecule has 2 aromatic carbocycles. The summed E-state index contributed by atoms with van der Waals surface area (Å²) < 4.78 is 23.3. The molecular formula is C26H28N2O4S. The highest BCUT2D eigenvalue weighted by Gasteiger charge is 2.45. The van der Waals surface area contributed by atoms with Crippen LogP contribution in [0.15, 0.2) is 77.8 Å². The van der Waals surface area contributed by atoms with Gasteiger partial charge in [0.15, 0.2) is 0 Å². The second-order valence-electron chi connectivity index (χ2n) is 8.08. The number of aromatic nitrogens is 1. The van der Waals surface area contributed by atoms with Gasteiger partial charge in [0, 0.05) is 29.9 Å². The molecule has 1 aliphatic rings. The zero-order valence-electron chi connectivity index (χ0n) is 18.4. The average molecular weight is 465 g/mol. The molecule has 1 fully saturated rings. The van der Waals surface area contributed by atoms with Gasteiger partial charge in [-0.15, -0.1) is 0 Å². The molecule has 172 valence electrons. The monoisotopic (exact) mass is 464 g/mol. The molecule has 33 heavy (non-hydrogen) atoms. The molecule has 0 radical (unpaired) electrons. The van der Waals surface area contributed by atoms with Crippen molar-refractivity contribution in [3.8, 4) is 17.0 Å². The van der Waals surface area contributed by atoms with E-state index in [2.05, 4.69) is 23.2 Å². The summed E-state index contributed by atoms with van der Waals surface area (Å²) in [5, 5.41) is 0. The first-order chi connectivity index (χ1) is 16.1. The minimum Gasteiger partial charge on any atom is -0.494 e. The van der Waals surface area contributed by atoms with E-state index in [4.69, 9.17) is 15.2 Å². The lowest BCUT2D eigenvalue weighted by molar-refractivity contribution is -0.122. The molecule has 2 N–H and O–H groups in total. The molecule has 1 unspecified atom stereocenters. The fourth-order valence-electron chi connectivity index (χ4n) is 3.97. The fourth-order valence-corrected chi connectivity index (χ4v) is 5.53. The predicted molar refractivity (Wildman–Crippen MR) is 128 cm³/mol. The number of hydrogen-bond donors (Lipinski definition) is 1. The van der Waals surface area contributed by atoms with Crippen LogP contribution in [0.4, 0.5) is 0 Å². The Morgan fingerprint density at radius 2 is 1.79 bits per heavy atom. The maximum atomic E-state index is 13.1. The highest BCUT2D eigenvalue weighted by molar-refractivity contribution is 7.87. The van der Waals surface area contributed by atoms with Gasteiger partial charge in [-0.1, -0.05) is 30.3 Å². The first kappa shape index (κ1) is 23.1. The predicted octanol–water partition coefficient (Wildman–Crippen LogP) is 3.90. The first-order valence-corrected chi connectivity index (χ1v) is 12.3. The van der Waals surface area contributed by atoms with Gasteiger partial charge in [0.1, 0.15) is 10.5 Å². The first-order valence-electron chi connectivity index (χ1n) is 11.1. The molecule has 1 saturated heterocycles. The van der Waals surface area contributed by atoms with Crippen LogP contribution < -0.4 is 10.5 Å². The summed E-state index contributed by atoms with van der Waals surface area (Å²) in [5.74, 6) is 0.173.